The predicted octanol–water partition coefficient (Wildman–Crippen LogP) is 3.17. The summed E-state index contributed by atoms with van der Waals surface area (Å²) in [6.07, 6.45) is 0.914. The molecule has 1 aromatic heterocycles. The van der Waals surface area contributed by atoms with Gasteiger partial charge in [0.15, 0.2) is 0 Å². The van der Waals surface area contributed by atoms with Crippen LogP contribution in [-0.2, 0) is 6.42 Å². The lowest BCUT2D eigenvalue weighted by Crippen LogP contribution is -2.24. The summed E-state index contributed by atoms with van der Waals surface area (Å²) >= 11 is 0. The molecule has 2 aromatic carbocycles. The molecule has 4 heteroatoms. The fraction of sp³-hybridized carbons (Fsp3) is 0.211. The molecule has 4 rings (SSSR count). The number of benzene rings is 2. The lowest BCUT2D eigenvalue weighted by Gasteiger charge is -2.11. The fourth-order valence-electron chi connectivity index (χ4n) is 3.11. The average molecular weight is 306 g/mol. The van der Waals surface area contributed by atoms with Crippen molar-refractivity contribution >= 4 is 10.9 Å². The first-order valence-electron chi connectivity index (χ1n) is 7.73. The Bertz CT molecular complexity index is 876. The molecule has 1 atom stereocenters. The van der Waals surface area contributed by atoms with Crippen LogP contribution in [0, 0.1) is 0 Å². The van der Waals surface area contributed by atoms with E-state index in [0.717, 1.165) is 40.1 Å². The van der Waals surface area contributed by atoms with Crippen LogP contribution in [0.15, 0.2) is 48.5 Å². The van der Waals surface area contributed by atoms with Gasteiger partial charge in [0.2, 0.25) is 0 Å². The first kappa shape index (κ1) is 14.0. The zero-order valence-electron chi connectivity index (χ0n) is 13.0. The molecule has 0 saturated carbocycles. The van der Waals surface area contributed by atoms with E-state index in [9.17, 15) is 0 Å². The maximum Gasteiger partial charge on any atom is 0.145 e. The smallest absolute Gasteiger partial charge is 0.145 e. The van der Waals surface area contributed by atoms with Crippen LogP contribution in [0.1, 0.15) is 5.56 Å². The van der Waals surface area contributed by atoms with Gasteiger partial charge in [-0.25, -0.2) is 4.98 Å². The fourth-order valence-corrected chi connectivity index (χ4v) is 3.11. The van der Waals surface area contributed by atoms with Gasteiger partial charge in [-0.05, 0) is 23.8 Å². The molecule has 0 aliphatic carbocycles. The zero-order valence-corrected chi connectivity index (χ0v) is 13.0. The highest BCUT2D eigenvalue weighted by Crippen LogP contribution is 2.38. The number of ether oxygens (including phenoxy) is 2. The number of fused-ring (bicyclic) bond motifs is 2. The van der Waals surface area contributed by atoms with Gasteiger partial charge in [0, 0.05) is 23.9 Å². The molecule has 2 heterocycles. The number of para-hydroxylation sites is 2. The highest BCUT2D eigenvalue weighted by atomic mass is 16.5. The van der Waals surface area contributed by atoms with Crippen molar-refractivity contribution in [2.75, 3.05) is 13.7 Å². The van der Waals surface area contributed by atoms with Crippen molar-refractivity contribution in [2.45, 2.75) is 12.5 Å². The van der Waals surface area contributed by atoms with Gasteiger partial charge in [-0.3, -0.25) is 0 Å². The molecular weight excluding hydrogens is 288 g/mol. The largest absolute Gasteiger partial charge is 0.494 e. The number of hydrogen-bond donors (Lipinski definition) is 1. The van der Waals surface area contributed by atoms with Gasteiger partial charge < -0.3 is 15.2 Å². The molecule has 23 heavy (non-hydrogen) atoms. The van der Waals surface area contributed by atoms with Crippen LogP contribution in [0.3, 0.4) is 0 Å². The number of hydrogen-bond acceptors (Lipinski definition) is 4. The summed E-state index contributed by atoms with van der Waals surface area (Å²) in [5.74, 6) is 1.68. The number of pyridine rings is 1. The van der Waals surface area contributed by atoms with Gasteiger partial charge in [-0.15, -0.1) is 0 Å². The Labute approximate surface area is 134 Å². The first-order valence-corrected chi connectivity index (χ1v) is 7.73. The number of methoxy groups -OCH3 is 1. The van der Waals surface area contributed by atoms with E-state index in [-0.39, 0.29) is 6.10 Å². The maximum absolute atomic E-state index is 6.01. The minimum atomic E-state index is 0.0566. The van der Waals surface area contributed by atoms with Crippen LogP contribution in [0.2, 0.25) is 0 Å². The SMILES string of the molecule is COc1cccc2ccc(-c3cccc4c3O[C@H](CN)C4)nc12. The van der Waals surface area contributed by atoms with E-state index in [1.807, 2.05) is 36.4 Å². The summed E-state index contributed by atoms with van der Waals surface area (Å²) < 4.78 is 11.4. The number of aromatic nitrogens is 1. The third-order valence-electron chi connectivity index (χ3n) is 4.27. The summed E-state index contributed by atoms with van der Waals surface area (Å²) in [6.45, 7) is 0.521. The highest BCUT2D eigenvalue weighted by molar-refractivity contribution is 5.87. The van der Waals surface area contributed by atoms with E-state index in [1.165, 1.54) is 5.56 Å². The van der Waals surface area contributed by atoms with Crippen LogP contribution >= 0.6 is 0 Å². The van der Waals surface area contributed by atoms with E-state index >= 15 is 0 Å². The molecule has 0 unspecified atom stereocenters. The van der Waals surface area contributed by atoms with Crippen molar-refractivity contribution in [2.24, 2.45) is 5.73 Å². The van der Waals surface area contributed by atoms with E-state index in [1.54, 1.807) is 7.11 Å². The van der Waals surface area contributed by atoms with Gasteiger partial charge in [-0.2, -0.15) is 0 Å². The minimum absolute atomic E-state index is 0.0566. The highest BCUT2D eigenvalue weighted by Gasteiger charge is 2.25. The normalized spacial score (nSPS) is 16.2. The second kappa shape index (κ2) is 5.56. The standard InChI is InChI=1S/C19H18N2O2/c1-22-17-7-3-4-12-8-9-16(21-18(12)17)15-6-2-5-13-10-14(11-20)23-19(13)15/h2-9,14H,10-11,20H2,1H3/t14-/m0/s1. The van der Waals surface area contributed by atoms with Crippen LogP contribution in [0.4, 0.5) is 0 Å². The second-order valence-corrected chi connectivity index (χ2v) is 5.70. The van der Waals surface area contributed by atoms with Gasteiger partial charge in [0.1, 0.15) is 23.1 Å². The topological polar surface area (TPSA) is 57.4 Å². The van der Waals surface area contributed by atoms with Crippen LogP contribution < -0.4 is 15.2 Å². The molecule has 0 fully saturated rings. The van der Waals surface area contributed by atoms with Crippen molar-refractivity contribution < 1.29 is 9.47 Å². The van der Waals surface area contributed by atoms with Gasteiger partial charge in [0.25, 0.3) is 0 Å². The quantitative estimate of drug-likeness (QED) is 0.807. The summed E-state index contributed by atoms with van der Waals surface area (Å²) in [6, 6.07) is 16.2. The van der Waals surface area contributed by atoms with E-state index in [2.05, 4.69) is 12.1 Å². The first-order chi connectivity index (χ1) is 11.3. The summed E-state index contributed by atoms with van der Waals surface area (Å²) in [7, 11) is 1.66. The van der Waals surface area contributed by atoms with Gasteiger partial charge in [0.05, 0.1) is 12.8 Å². The molecule has 0 amide bonds. The zero-order chi connectivity index (χ0) is 15.8. The van der Waals surface area contributed by atoms with Gasteiger partial charge in [-0.1, -0.05) is 30.3 Å². The summed E-state index contributed by atoms with van der Waals surface area (Å²) in [5.41, 5.74) is 9.70. The Balaban J connectivity index is 1.87. The average Bonchev–Trinajstić information content (AvgIpc) is 3.04. The van der Waals surface area contributed by atoms with Crippen molar-refractivity contribution in [3.8, 4) is 22.8 Å². The molecule has 0 saturated heterocycles. The van der Waals surface area contributed by atoms with Crippen LogP contribution in [0.5, 0.6) is 11.5 Å². The molecule has 1 aliphatic rings. The van der Waals surface area contributed by atoms with Crippen molar-refractivity contribution in [3.63, 3.8) is 0 Å². The lowest BCUT2D eigenvalue weighted by atomic mass is 10.0. The number of nitrogens with zero attached hydrogens (tertiary/aromatic N) is 1. The monoisotopic (exact) mass is 306 g/mol. The predicted molar refractivity (Wildman–Crippen MR) is 90.9 cm³/mol. The van der Waals surface area contributed by atoms with Crippen LogP contribution in [0.25, 0.3) is 22.2 Å². The molecule has 3 aromatic rings. The Kier molecular flexibility index (Phi) is 3.39. The second-order valence-electron chi connectivity index (χ2n) is 5.70. The minimum Gasteiger partial charge on any atom is -0.494 e. The third-order valence-corrected chi connectivity index (χ3v) is 4.27. The third kappa shape index (κ3) is 2.32. The molecule has 2 N–H and O–H groups in total. The molecular formula is C19H18N2O2. The molecule has 0 spiro atoms. The number of rotatable bonds is 3. The molecule has 1 aliphatic heterocycles. The van der Waals surface area contributed by atoms with Crippen molar-refractivity contribution in [1.82, 2.24) is 4.98 Å². The van der Waals surface area contributed by atoms with Gasteiger partial charge >= 0.3 is 0 Å². The van der Waals surface area contributed by atoms with Crippen LogP contribution in [-0.4, -0.2) is 24.7 Å². The Morgan fingerprint density at radius 3 is 2.87 bits per heavy atom. The van der Waals surface area contributed by atoms with Crippen molar-refractivity contribution in [1.29, 1.82) is 0 Å². The van der Waals surface area contributed by atoms with E-state index < -0.39 is 0 Å². The Morgan fingerprint density at radius 1 is 1.17 bits per heavy atom. The Hall–Kier alpha value is -2.59. The molecule has 0 bridgehead atoms. The summed E-state index contributed by atoms with van der Waals surface area (Å²) in [5, 5.41) is 1.06. The van der Waals surface area contributed by atoms with E-state index in [0.29, 0.717) is 6.54 Å². The molecule has 0 radical (unpaired) electrons. The van der Waals surface area contributed by atoms with E-state index in [4.69, 9.17) is 20.2 Å². The Morgan fingerprint density at radius 2 is 2.04 bits per heavy atom. The maximum atomic E-state index is 6.01. The van der Waals surface area contributed by atoms with Crippen molar-refractivity contribution in [3.05, 3.63) is 54.1 Å². The molecule has 4 nitrogen and oxygen atoms in total. The summed E-state index contributed by atoms with van der Waals surface area (Å²) in [4.78, 5) is 4.81. The molecule has 116 valence electrons. The lowest BCUT2D eigenvalue weighted by molar-refractivity contribution is 0.242. The number of nitrogens with two attached hydrogens (primary N) is 1.